The summed E-state index contributed by atoms with van der Waals surface area (Å²) < 4.78 is 23.7. The van der Waals surface area contributed by atoms with Crippen LogP contribution in [0.4, 0.5) is 0 Å². The monoisotopic (exact) mass is 207 g/mol. The van der Waals surface area contributed by atoms with Crippen molar-refractivity contribution < 1.29 is 8.42 Å². The Balaban J connectivity index is 4.05. The maximum Gasteiger partial charge on any atom is 0.211 e. The molecule has 13 heavy (non-hydrogen) atoms. The van der Waals surface area contributed by atoms with Crippen LogP contribution >= 0.6 is 0 Å². The van der Waals surface area contributed by atoms with Crippen molar-refractivity contribution in [1.29, 1.82) is 0 Å². The fraction of sp³-hybridized carbons (Fsp3) is 1.00. The molecule has 0 aliphatic heterocycles. The minimum atomic E-state index is -3.02. The van der Waals surface area contributed by atoms with Crippen molar-refractivity contribution in [2.75, 3.05) is 13.3 Å². The van der Waals surface area contributed by atoms with Gasteiger partial charge >= 0.3 is 0 Å². The Kier molecular flexibility index (Phi) is 4.92. The van der Waals surface area contributed by atoms with Crippen molar-refractivity contribution in [2.45, 2.75) is 39.7 Å². The number of nitrogens with zero attached hydrogens (tertiary/aromatic N) is 1. The van der Waals surface area contributed by atoms with Crippen LogP contribution in [0.2, 0.25) is 0 Å². The molecule has 0 saturated carbocycles. The third kappa shape index (κ3) is 5.26. The number of hydrogen-bond acceptors (Lipinski definition) is 2. The van der Waals surface area contributed by atoms with Crippen LogP contribution in [0.1, 0.15) is 33.6 Å². The molecule has 0 amide bonds. The van der Waals surface area contributed by atoms with Crippen molar-refractivity contribution in [2.24, 2.45) is 5.92 Å². The van der Waals surface area contributed by atoms with Crippen LogP contribution in [0.3, 0.4) is 0 Å². The molecule has 3 nitrogen and oxygen atoms in total. The molecule has 0 unspecified atom stereocenters. The molecule has 0 aromatic heterocycles. The van der Waals surface area contributed by atoms with Gasteiger partial charge in [0.2, 0.25) is 10.0 Å². The van der Waals surface area contributed by atoms with Gasteiger partial charge in [-0.1, -0.05) is 13.8 Å². The normalized spacial score (nSPS) is 15.3. The minimum absolute atomic E-state index is 0.109. The predicted octanol–water partition coefficient (Wildman–Crippen LogP) is 1.70. The van der Waals surface area contributed by atoms with Crippen LogP contribution in [-0.4, -0.2) is 32.1 Å². The second-order valence-corrected chi connectivity index (χ2v) is 6.14. The highest BCUT2D eigenvalue weighted by atomic mass is 32.2. The standard InChI is InChI=1S/C9H21NO2S/c1-8(2)6-7-9(3)10(4)13(5,11)12/h8-9H,6-7H2,1-5H3/t9-/m1/s1. The van der Waals surface area contributed by atoms with E-state index in [4.69, 9.17) is 0 Å². The van der Waals surface area contributed by atoms with E-state index >= 15 is 0 Å². The summed E-state index contributed by atoms with van der Waals surface area (Å²) in [5.74, 6) is 0.635. The maximum atomic E-state index is 11.1. The van der Waals surface area contributed by atoms with Gasteiger partial charge in [0.1, 0.15) is 0 Å². The molecule has 0 radical (unpaired) electrons. The van der Waals surface area contributed by atoms with E-state index in [1.54, 1.807) is 7.05 Å². The predicted molar refractivity (Wildman–Crippen MR) is 56.1 cm³/mol. The largest absolute Gasteiger partial charge is 0.213 e. The molecule has 0 aromatic rings. The summed E-state index contributed by atoms with van der Waals surface area (Å²) in [4.78, 5) is 0. The Morgan fingerprint density at radius 1 is 1.15 bits per heavy atom. The quantitative estimate of drug-likeness (QED) is 0.688. The topological polar surface area (TPSA) is 37.4 Å². The highest BCUT2D eigenvalue weighted by Gasteiger charge is 2.17. The maximum absolute atomic E-state index is 11.1. The molecule has 0 aromatic carbocycles. The average molecular weight is 207 g/mol. The Morgan fingerprint density at radius 2 is 1.62 bits per heavy atom. The smallest absolute Gasteiger partial charge is 0.211 e. The first-order chi connectivity index (χ1) is 5.75. The molecule has 4 heteroatoms. The van der Waals surface area contributed by atoms with Crippen LogP contribution in [0, 0.1) is 5.92 Å². The zero-order chi connectivity index (χ0) is 10.6. The van der Waals surface area contributed by atoms with Crippen LogP contribution in [0.5, 0.6) is 0 Å². The van der Waals surface area contributed by atoms with E-state index in [1.165, 1.54) is 10.6 Å². The molecule has 0 rings (SSSR count). The number of hydrogen-bond donors (Lipinski definition) is 0. The Hall–Kier alpha value is -0.0900. The molecular formula is C9H21NO2S. The molecule has 0 fully saturated rings. The zero-order valence-corrected chi connectivity index (χ0v) is 10.1. The molecule has 0 spiro atoms. The highest BCUT2D eigenvalue weighted by Crippen LogP contribution is 2.12. The summed E-state index contributed by atoms with van der Waals surface area (Å²) in [6.07, 6.45) is 3.25. The summed E-state index contributed by atoms with van der Waals surface area (Å²) in [5, 5.41) is 0. The lowest BCUT2D eigenvalue weighted by atomic mass is 10.0. The molecular weight excluding hydrogens is 186 g/mol. The first kappa shape index (κ1) is 12.9. The Labute approximate surface area is 82.2 Å². The van der Waals surface area contributed by atoms with E-state index in [2.05, 4.69) is 13.8 Å². The molecule has 0 heterocycles. The summed E-state index contributed by atoms with van der Waals surface area (Å²) in [5.41, 5.74) is 0. The van der Waals surface area contributed by atoms with Gasteiger partial charge in [-0.2, -0.15) is 0 Å². The van der Waals surface area contributed by atoms with Crippen LogP contribution in [0.15, 0.2) is 0 Å². The molecule has 0 aliphatic rings. The lowest BCUT2D eigenvalue weighted by Gasteiger charge is -2.22. The number of rotatable bonds is 5. The average Bonchev–Trinajstić information content (AvgIpc) is 1.96. The molecule has 0 saturated heterocycles. The Morgan fingerprint density at radius 3 is 1.92 bits per heavy atom. The second-order valence-electron chi connectivity index (χ2n) is 4.10. The molecule has 0 aliphatic carbocycles. The van der Waals surface area contributed by atoms with E-state index in [9.17, 15) is 8.42 Å². The molecule has 1 atom stereocenters. The zero-order valence-electron chi connectivity index (χ0n) is 9.24. The van der Waals surface area contributed by atoms with Crippen molar-refractivity contribution in [3.63, 3.8) is 0 Å². The van der Waals surface area contributed by atoms with E-state index in [0.29, 0.717) is 5.92 Å². The van der Waals surface area contributed by atoms with Gasteiger partial charge in [-0.25, -0.2) is 12.7 Å². The van der Waals surface area contributed by atoms with Gasteiger partial charge in [-0.3, -0.25) is 0 Å². The van der Waals surface area contributed by atoms with Crippen molar-refractivity contribution in [3.05, 3.63) is 0 Å². The van der Waals surface area contributed by atoms with E-state index in [1.807, 2.05) is 6.92 Å². The summed E-state index contributed by atoms with van der Waals surface area (Å²) in [6, 6.07) is 0.109. The van der Waals surface area contributed by atoms with Crippen LogP contribution < -0.4 is 0 Å². The van der Waals surface area contributed by atoms with Crippen LogP contribution in [-0.2, 0) is 10.0 Å². The first-order valence-electron chi connectivity index (χ1n) is 4.68. The van der Waals surface area contributed by atoms with E-state index in [0.717, 1.165) is 12.8 Å². The van der Waals surface area contributed by atoms with E-state index < -0.39 is 10.0 Å². The fourth-order valence-electron chi connectivity index (χ4n) is 1.08. The van der Waals surface area contributed by atoms with Gasteiger partial charge < -0.3 is 0 Å². The summed E-state index contributed by atoms with van der Waals surface area (Å²) in [6.45, 7) is 6.24. The van der Waals surface area contributed by atoms with Gasteiger partial charge in [-0.05, 0) is 25.7 Å². The van der Waals surface area contributed by atoms with Gasteiger partial charge in [0.15, 0.2) is 0 Å². The van der Waals surface area contributed by atoms with Gasteiger partial charge in [0.25, 0.3) is 0 Å². The number of sulfonamides is 1. The lowest BCUT2D eigenvalue weighted by molar-refractivity contribution is 0.350. The van der Waals surface area contributed by atoms with Gasteiger partial charge in [-0.15, -0.1) is 0 Å². The molecule has 0 N–H and O–H groups in total. The van der Waals surface area contributed by atoms with Crippen LogP contribution in [0.25, 0.3) is 0 Å². The molecule has 80 valence electrons. The van der Waals surface area contributed by atoms with Crippen molar-refractivity contribution in [3.8, 4) is 0 Å². The Bertz CT molecular complexity index is 234. The van der Waals surface area contributed by atoms with Crippen molar-refractivity contribution in [1.82, 2.24) is 4.31 Å². The third-order valence-electron chi connectivity index (χ3n) is 2.31. The highest BCUT2D eigenvalue weighted by molar-refractivity contribution is 7.88. The van der Waals surface area contributed by atoms with Gasteiger partial charge in [0, 0.05) is 13.1 Å². The summed E-state index contributed by atoms with van der Waals surface area (Å²) >= 11 is 0. The van der Waals surface area contributed by atoms with Crippen molar-refractivity contribution >= 4 is 10.0 Å². The minimum Gasteiger partial charge on any atom is -0.213 e. The van der Waals surface area contributed by atoms with E-state index in [-0.39, 0.29) is 6.04 Å². The summed E-state index contributed by atoms with van der Waals surface area (Å²) in [7, 11) is -1.38. The third-order valence-corrected chi connectivity index (χ3v) is 3.71. The fourth-order valence-corrected chi connectivity index (χ4v) is 1.84. The van der Waals surface area contributed by atoms with Gasteiger partial charge in [0.05, 0.1) is 6.26 Å². The lowest BCUT2D eigenvalue weighted by Crippen LogP contribution is -2.34. The first-order valence-corrected chi connectivity index (χ1v) is 6.53. The molecule has 0 bridgehead atoms. The second kappa shape index (κ2) is 4.96. The SMILES string of the molecule is CC(C)CC[C@@H](C)N(C)S(C)(=O)=O.